The minimum atomic E-state index is -1.83. The molecule has 0 bridgehead atoms. The van der Waals surface area contributed by atoms with Crippen LogP contribution in [0.15, 0.2) is 0 Å². The summed E-state index contributed by atoms with van der Waals surface area (Å²) in [5.41, 5.74) is 0. The maximum Gasteiger partial charge on any atom is 0.503 e. The summed E-state index contributed by atoms with van der Waals surface area (Å²) in [6.07, 6.45) is 37.3. The second-order valence-corrected chi connectivity index (χ2v) is 11.1. The Bertz CT molecular complexity index is 380. The van der Waals surface area contributed by atoms with Crippen molar-refractivity contribution in [2.75, 3.05) is 13.2 Å². The van der Waals surface area contributed by atoms with E-state index in [-0.39, 0.29) is 0 Å². The molecule has 0 saturated carbocycles. The summed E-state index contributed by atoms with van der Waals surface area (Å²) in [6.45, 7) is 6.14. The van der Waals surface area contributed by atoms with Crippen LogP contribution in [0.5, 0.6) is 0 Å². The molecule has 38 heavy (non-hydrogen) atoms. The van der Waals surface area contributed by atoms with Crippen molar-refractivity contribution < 1.29 is 24.8 Å². The Morgan fingerprint density at radius 2 is 0.526 bits per heavy atom. The second kappa shape index (κ2) is 38.3. The minimum absolute atomic E-state index is 0.774. The predicted molar refractivity (Wildman–Crippen MR) is 163 cm³/mol. The van der Waals surface area contributed by atoms with E-state index in [0.717, 1.165) is 26.1 Å². The number of carboxylic acid groups (broad SMARTS) is 2. The maximum absolute atomic E-state index is 8.56. The Balaban J connectivity index is 0. The van der Waals surface area contributed by atoms with Gasteiger partial charge in [-0.05, 0) is 12.8 Å². The first-order valence-corrected chi connectivity index (χ1v) is 16.8. The normalized spacial score (nSPS) is 10.9. The van der Waals surface area contributed by atoms with Crippen LogP contribution >= 0.6 is 0 Å². The van der Waals surface area contributed by atoms with Crippen molar-refractivity contribution in [1.82, 2.24) is 0 Å². The van der Waals surface area contributed by atoms with Crippen LogP contribution in [0.25, 0.3) is 0 Å². The maximum atomic E-state index is 8.56. The fourth-order valence-corrected chi connectivity index (χ4v) is 4.83. The highest BCUT2D eigenvalue weighted by Gasteiger charge is 1.97. The first-order chi connectivity index (χ1) is 18.6. The molecule has 0 saturated heterocycles. The quantitative estimate of drug-likeness (QED) is 0.0515. The van der Waals surface area contributed by atoms with Gasteiger partial charge in [-0.15, -0.1) is 0 Å². The third-order valence-electron chi connectivity index (χ3n) is 7.25. The standard InChI is InChI=1S/C32H66O2.CH2O3/c1-3-5-7-9-11-13-15-17-19-21-23-25-27-29-31-33-34-32-30-28-26-24-22-20-18-16-14-12-10-8-6-4-2;2-1(3)4/h3-32H2,1-2H3;(H2,2,3,4). The van der Waals surface area contributed by atoms with Gasteiger partial charge in [0.2, 0.25) is 0 Å². The molecular weight excluding hydrogens is 476 g/mol. The van der Waals surface area contributed by atoms with Crippen molar-refractivity contribution in [3.8, 4) is 0 Å². The monoisotopic (exact) mass is 545 g/mol. The molecule has 0 amide bonds. The minimum Gasteiger partial charge on any atom is -0.450 e. The van der Waals surface area contributed by atoms with E-state index in [4.69, 9.17) is 24.8 Å². The second-order valence-electron chi connectivity index (χ2n) is 11.1. The van der Waals surface area contributed by atoms with E-state index in [1.165, 1.54) is 167 Å². The highest BCUT2D eigenvalue weighted by Crippen LogP contribution is 2.14. The molecule has 0 aromatic carbocycles. The summed E-state index contributed by atoms with van der Waals surface area (Å²) < 4.78 is 0. The number of rotatable bonds is 31. The van der Waals surface area contributed by atoms with E-state index in [0.29, 0.717) is 0 Å². The highest BCUT2D eigenvalue weighted by atomic mass is 17.2. The Morgan fingerprint density at radius 1 is 0.368 bits per heavy atom. The lowest BCUT2D eigenvalue weighted by atomic mass is 10.0. The third-order valence-corrected chi connectivity index (χ3v) is 7.25. The molecule has 230 valence electrons. The molecule has 0 heterocycles. The molecule has 0 aliphatic rings. The number of unbranched alkanes of at least 4 members (excludes halogenated alkanes) is 26. The molecule has 0 spiro atoms. The van der Waals surface area contributed by atoms with Gasteiger partial charge in [0.05, 0.1) is 13.2 Å². The van der Waals surface area contributed by atoms with E-state index in [1.54, 1.807) is 0 Å². The average molecular weight is 545 g/mol. The summed E-state index contributed by atoms with van der Waals surface area (Å²) in [6, 6.07) is 0. The fourth-order valence-electron chi connectivity index (χ4n) is 4.83. The largest absolute Gasteiger partial charge is 0.503 e. The fraction of sp³-hybridized carbons (Fsp3) is 0.970. The van der Waals surface area contributed by atoms with E-state index in [9.17, 15) is 0 Å². The Kier molecular flexibility index (Phi) is 39.7. The third kappa shape index (κ3) is 45.1. The van der Waals surface area contributed by atoms with E-state index < -0.39 is 6.16 Å². The van der Waals surface area contributed by atoms with Crippen molar-refractivity contribution in [2.45, 2.75) is 194 Å². The molecule has 5 nitrogen and oxygen atoms in total. The number of hydrogen-bond donors (Lipinski definition) is 2. The summed E-state index contributed by atoms with van der Waals surface area (Å²) in [7, 11) is 0. The van der Waals surface area contributed by atoms with Gasteiger partial charge < -0.3 is 10.2 Å². The first-order valence-electron chi connectivity index (χ1n) is 16.8. The molecule has 0 radical (unpaired) electrons. The van der Waals surface area contributed by atoms with Gasteiger partial charge in [-0.1, -0.05) is 181 Å². The molecule has 0 aromatic rings. The van der Waals surface area contributed by atoms with Crippen LogP contribution < -0.4 is 0 Å². The van der Waals surface area contributed by atoms with Crippen LogP contribution in [0.2, 0.25) is 0 Å². The van der Waals surface area contributed by atoms with Crippen molar-refractivity contribution in [1.29, 1.82) is 0 Å². The van der Waals surface area contributed by atoms with Crippen LogP contribution in [-0.2, 0) is 9.78 Å². The van der Waals surface area contributed by atoms with Crippen LogP contribution in [0.4, 0.5) is 4.79 Å². The van der Waals surface area contributed by atoms with Gasteiger partial charge in [0.1, 0.15) is 0 Å². The van der Waals surface area contributed by atoms with Crippen LogP contribution in [-0.4, -0.2) is 29.6 Å². The number of carbonyl (C=O) groups is 1. The van der Waals surface area contributed by atoms with Gasteiger partial charge in [-0.25, -0.2) is 14.6 Å². The van der Waals surface area contributed by atoms with E-state index >= 15 is 0 Å². The summed E-state index contributed by atoms with van der Waals surface area (Å²) >= 11 is 0. The lowest BCUT2D eigenvalue weighted by Crippen LogP contribution is -1.99. The molecule has 0 atom stereocenters. The van der Waals surface area contributed by atoms with Gasteiger partial charge >= 0.3 is 6.16 Å². The SMILES string of the molecule is CCCCCCCCCCCCCCCCOOCCCCCCCCCCCCCCCC.O=C(O)O. The van der Waals surface area contributed by atoms with Gasteiger partial charge in [0, 0.05) is 0 Å². The Hall–Kier alpha value is -0.810. The molecular formula is C33H68O5. The number of hydrogen-bond acceptors (Lipinski definition) is 3. The molecule has 0 rings (SSSR count). The van der Waals surface area contributed by atoms with Crippen LogP contribution in [0.3, 0.4) is 0 Å². The molecule has 0 aliphatic carbocycles. The first kappa shape index (κ1) is 39.3. The van der Waals surface area contributed by atoms with Gasteiger partial charge in [-0.3, -0.25) is 0 Å². The zero-order valence-electron chi connectivity index (χ0n) is 25.8. The van der Waals surface area contributed by atoms with Crippen molar-refractivity contribution in [2.24, 2.45) is 0 Å². The summed E-state index contributed by atoms with van der Waals surface area (Å²) in [5.74, 6) is 0. The average Bonchev–Trinajstić information content (AvgIpc) is 2.89. The molecule has 5 heteroatoms. The summed E-state index contributed by atoms with van der Waals surface area (Å²) in [4.78, 5) is 19.3. The highest BCUT2D eigenvalue weighted by molar-refractivity contribution is 5.53. The topological polar surface area (TPSA) is 76.0 Å². The van der Waals surface area contributed by atoms with Crippen LogP contribution in [0, 0.1) is 0 Å². The summed E-state index contributed by atoms with van der Waals surface area (Å²) in [5, 5.41) is 13.9. The van der Waals surface area contributed by atoms with E-state index in [1.807, 2.05) is 0 Å². The van der Waals surface area contributed by atoms with E-state index in [2.05, 4.69) is 13.8 Å². The van der Waals surface area contributed by atoms with Gasteiger partial charge in [-0.2, -0.15) is 0 Å². The Morgan fingerprint density at radius 3 is 0.711 bits per heavy atom. The van der Waals surface area contributed by atoms with Crippen molar-refractivity contribution in [3.63, 3.8) is 0 Å². The zero-order chi connectivity index (χ0) is 28.2. The predicted octanol–water partition coefficient (Wildman–Crippen LogP) is 12.1. The van der Waals surface area contributed by atoms with Crippen molar-refractivity contribution in [3.05, 3.63) is 0 Å². The Labute approximate surface area is 237 Å². The van der Waals surface area contributed by atoms with Crippen LogP contribution in [0.1, 0.15) is 194 Å². The smallest absolute Gasteiger partial charge is 0.450 e. The molecule has 2 N–H and O–H groups in total. The lowest BCUT2D eigenvalue weighted by Gasteiger charge is -2.05. The zero-order valence-corrected chi connectivity index (χ0v) is 25.8. The molecule has 0 unspecified atom stereocenters. The molecule has 0 aliphatic heterocycles. The van der Waals surface area contributed by atoms with Gasteiger partial charge in [0.15, 0.2) is 0 Å². The molecule has 0 aromatic heterocycles. The lowest BCUT2D eigenvalue weighted by molar-refractivity contribution is -0.295. The van der Waals surface area contributed by atoms with Crippen molar-refractivity contribution >= 4 is 6.16 Å². The molecule has 0 fully saturated rings. The van der Waals surface area contributed by atoms with Gasteiger partial charge in [0.25, 0.3) is 0 Å².